The molecule has 4 rings (SSSR count). The molecule has 1 saturated heterocycles. The highest BCUT2D eigenvalue weighted by Gasteiger charge is 2.32. The Morgan fingerprint density at radius 2 is 1.94 bits per heavy atom. The van der Waals surface area contributed by atoms with E-state index in [4.69, 9.17) is 11.6 Å². The van der Waals surface area contributed by atoms with Gasteiger partial charge in [-0.3, -0.25) is 14.2 Å². The zero-order chi connectivity index (χ0) is 23.0. The van der Waals surface area contributed by atoms with Gasteiger partial charge in [0, 0.05) is 31.2 Å². The number of hydrogen-bond donors (Lipinski definition) is 1. The third kappa shape index (κ3) is 4.32. The minimum atomic E-state index is -3.74. The Kier molecular flexibility index (Phi) is 6.39. The molecule has 1 N–H and O–H groups in total. The Morgan fingerprint density at radius 1 is 1.22 bits per heavy atom. The zero-order valence-corrected chi connectivity index (χ0v) is 19.6. The highest BCUT2D eigenvalue weighted by atomic mass is 35.5. The molecule has 3 aromatic rings. The Hall–Kier alpha value is -2.27. The molecular weight excluding hydrogens is 477 g/mol. The summed E-state index contributed by atoms with van der Waals surface area (Å²) in [5.74, 6) is -1.19. The number of hydrogen-bond acceptors (Lipinski definition) is 5. The van der Waals surface area contributed by atoms with E-state index in [1.165, 1.54) is 28.6 Å². The molecule has 2 aromatic carbocycles. The molecule has 1 aliphatic rings. The van der Waals surface area contributed by atoms with Crippen LogP contribution in [0.15, 0.2) is 46.1 Å². The zero-order valence-electron chi connectivity index (χ0n) is 17.2. The number of thiazole rings is 1. The van der Waals surface area contributed by atoms with Crippen molar-refractivity contribution in [2.45, 2.75) is 31.2 Å². The van der Waals surface area contributed by atoms with E-state index in [9.17, 15) is 22.4 Å². The van der Waals surface area contributed by atoms with Crippen LogP contribution in [-0.2, 0) is 21.4 Å². The second kappa shape index (κ2) is 8.93. The summed E-state index contributed by atoms with van der Waals surface area (Å²) in [4.78, 5) is 24.6. The molecule has 32 heavy (non-hydrogen) atoms. The molecule has 0 saturated carbocycles. The van der Waals surface area contributed by atoms with Gasteiger partial charge in [-0.25, -0.2) is 12.8 Å². The van der Waals surface area contributed by atoms with Crippen LogP contribution in [0.1, 0.15) is 19.8 Å². The Labute approximate surface area is 193 Å². The molecule has 11 heteroatoms. The van der Waals surface area contributed by atoms with Crippen LogP contribution in [0.5, 0.6) is 0 Å². The first kappa shape index (κ1) is 22.9. The average molecular weight is 498 g/mol. The van der Waals surface area contributed by atoms with Crippen LogP contribution in [0.2, 0.25) is 5.02 Å². The van der Waals surface area contributed by atoms with Crippen LogP contribution in [0.25, 0.3) is 10.2 Å². The topological polar surface area (TPSA) is 88.5 Å². The van der Waals surface area contributed by atoms with Gasteiger partial charge in [-0.15, -0.1) is 0 Å². The lowest BCUT2D eigenvalue weighted by molar-refractivity contribution is -0.120. The number of aryl methyl sites for hydroxylation is 1. The minimum absolute atomic E-state index is 0.0834. The van der Waals surface area contributed by atoms with E-state index < -0.39 is 15.8 Å². The predicted molar refractivity (Wildman–Crippen MR) is 123 cm³/mol. The van der Waals surface area contributed by atoms with Crippen LogP contribution in [-0.4, -0.2) is 36.3 Å². The first-order valence-corrected chi connectivity index (χ1v) is 12.7. The number of carbonyl (C=O) groups is 1. The summed E-state index contributed by atoms with van der Waals surface area (Å²) >= 11 is 6.77. The molecule has 0 aliphatic carbocycles. The summed E-state index contributed by atoms with van der Waals surface area (Å²) in [6.07, 6.45) is 0.726. The fourth-order valence-corrected chi connectivity index (χ4v) is 6.58. The Balaban J connectivity index is 1.45. The third-order valence-corrected chi connectivity index (χ3v) is 8.73. The Morgan fingerprint density at radius 3 is 2.59 bits per heavy atom. The van der Waals surface area contributed by atoms with E-state index in [0.29, 0.717) is 29.8 Å². The van der Waals surface area contributed by atoms with Crippen molar-refractivity contribution in [1.29, 1.82) is 0 Å². The van der Waals surface area contributed by atoms with Gasteiger partial charge >= 0.3 is 4.87 Å². The fourth-order valence-electron chi connectivity index (χ4n) is 3.83. The first-order valence-electron chi connectivity index (χ1n) is 10.1. The van der Waals surface area contributed by atoms with E-state index in [1.807, 2.05) is 6.92 Å². The molecule has 2 heterocycles. The number of nitrogens with one attached hydrogen (secondary N) is 1. The number of rotatable bonds is 5. The molecule has 0 radical (unpaired) electrons. The summed E-state index contributed by atoms with van der Waals surface area (Å²) < 4.78 is 43.1. The van der Waals surface area contributed by atoms with E-state index in [-0.39, 0.29) is 39.7 Å². The first-order chi connectivity index (χ1) is 15.2. The van der Waals surface area contributed by atoms with Crippen molar-refractivity contribution in [3.05, 3.63) is 56.9 Å². The van der Waals surface area contributed by atoms with E-state index in [0.717, 1.165) is 16.9 Å². The highest BCUT2D eigenvalue weighted by Crippen LogP contribution is 2.28. The molecule has 1 aromatic heterocycles. The van der Waals surface area contributed by atoms with Crippen molar-refractivity contribution in [2.24, 2.45) is 5.92 Å². The smallest absolute Gasteiger partial charge is 0.308 e. The number of fused-ring (bicyclic) bond motifs is 1. The van der Waals surface area contributed by atoms with Gasteiger partial charge in [0.25, 0.3) is 0 Å². The normalized spacial score (nSPS) is 15.8. The van der Waals surface area contributed by atoms with Crippen molar-refractivity contribution in [1.82, 2.24) is 8.87 Å². The molecule has 0 unspecified atom stereocenters. The van der Waals surface area contributed by atoms with Crippen molar-refractivity contribution >= 4 is 54.8 Å². The third-order valence-electron chi connectivity index (χ3n) is 5.61. The van der Waals surface area contributed by atoms with E-state index in [1.54, 1.807) is 16.7 Å². The van der Waals surface area contributed by atoms with Gasteiger partial charge in [0.05, 0.1) is 20.1 Å². The summed E-state index contributed by atoms with van der Waals surface area (Å²) in [6.45, 7) is 2.79. The molecular formula is C21H21ClFN3O4S2. The molecule has 0 bridgehead atoms. The molecule has 1 fully saturated rings. The Bertz CT molecular complexity index is 1340. The van der Waals surface area contributed by atoms with Crippen LogP contribution < -0.4 is 10.2 Å². The van der Waals surface area contributed by atoms with Crippen LogP contribution in [0.3, 0.4) is 0 Å². The number of carbonyl (C=O) groups excluding carboxylic acids is 1. The lowest BCUT2D eigenvalue weighted by Crippen LogP contribution is -2.41. The summed E-state index contributed by atoms with van der Waals surface area (Å²) in [7, 11) is -3.74. The predicted octanol–water partition coefficient (Wildman–Crippen LogP) is 3.91. The summed E-state index contributed by atoms with van der Waals surface area (Å²) in [6, 6.07) is 8.67. The van der Waals surface area contributed by atoms with Gasteiger partial charge < -0.3 is 5.32 Å². The highest BCUT2D eigenvalue weighted by molar-refractivity contribution is 7.89. The average Bonchev–Trinajstić information content (AvgIpc) is 3.10. The number of nitrogens with zero attached hydrogens (tertiary/aromatic N) is 2. The molecule has 0 atom stereocenters. The van der Waals surface area contributed by atoms with Crippen LogP contribution >= 0.6 is 22.9 Å². The van der Waals surface area contributed by atoms with Gasteiger partial charge in [-0.1, -0.05) is 22.9 Å². The standard InChI is InChI=1S/C21H21ClFN3O4S2/c1-2-26-18-6-4-15(12-19(18)31-21(26)28)32(29,30)25-9-7-13(8-10-25)20(27)24-14-3-5-17(23)16(22)11-14/h3-6,11-13H,2,7-10H2,1H3,(H,24,27). The van der Waals surface area contributed by atoms with Crippen LogP contribution in [0.4, 0.5) is 10.1 Å². The van der Waals surface area contributed by atoms with E-state index in [2.05, 4.69) is 5.32 Å². The lowest BCUT2D eigenvalue weighted by Gasteiger charge is -2.30. The maximum absolute atomic E-state index is 13.3. The number of anilines is 1. The largest absolute Gasteiger partial charge is 0.326 e. The van der Waals surface area contributed by atoms with Gasteiger partial charge in [0.15, 0.2) is 0 Å². The number of piperidine rings is 1. The van der Waals surface area contributed by atoms with Gasteiger partial charge in [-0.05, 0) is 56.2 Å². The lowest BCUT2D eigenvalue weighted by atomic mass is 9.97. The van der Waals surface area contributed by atoms with Gasteiger partial charge in [0.1, 0.15) is 5.82 Å². The number of amides is 1. The number of sulfonamides is 1. The maximum Gasteiger partial charge on any atom is 0.308 e. The fraction of sp³-hybridized carbons (Fsp3) is 0.333. The van der Waals surface area contributed by atoms with E-state index >= 15 is 0 Å². The minimum Gasteiger partial charge on any atom is -0.326 e. The van der Waals surface area contributed by atoms with Crippen LogP contribution in [0, 0.1) is 11.7 Å². The van der Waals surface area contributed by atoms with Crippen molar-refractivity contribution < 1.29 is 17.6 Å². The summed E-state index contributed by atoms with van der Waals surface area (Å²) in [5, 5.41) is 2.63. The molecule has 1 amide bonds. The molecule has 0 spiro atoms. The quantitative estimate of drug-likeness (QED) is 0.578. The summed E-state index contributed by atoms with van der Waals surface area (Å²) in [5.41, 5.74) is 1.11. The number of halogens is 2. The van der Waals surface area contributed by atoms with Gasteiger partial charge in [0.2, 0.25) is 15.9 Å². The van der Waals surface area contributed by atoms with Crippen molar-refractivity contribution in [2.75, 3.05) is 18.4 Å². The monoisotopic (exact) mass is 497 g/mol. The molecule has 170 valence electrons. The van der Waals surface area contributed by atoms with Crippen molar-refractivity contribution in [3.63, 3.8) is 0 Å². The van der Waals surface area contributed by atoms with Crippen molar-refractivity contribution in [3.8, 4) is 0 Å². The number of benzene rings is 2. The maximum atomic E-state index is 13.3. The SMILES string of the molecule is CCn1c(=O)sc2cc(S(=O)(=O)N3CCC(C(=O)Nc4ccc(F)c(Cl)c4)CC3)ccc21. The second-order valence-electron chi connectivity index (χ2n) is 7.54. The second-order valence-corrected chi connectivity index (χ2v) is 10.9. The molecule has 1 aliphatic heterocycles. The molecule has 7 nitrogen and oxygen atoms in total. The number of aromatic nitrogens is 1. The van der Waals surface area contributed by atoms with Gasteiger partial charge in [-0.2, -0.15) is 4.31 Å².